The molecule has 0 rings (SSSR count). The Bertz CT molecular complexity index is 140. The summed E-state index contributed by atoms with van der Waals surface area (Å²) in [4.78, 5) is 20.1. The Hall–Kier alpha value is 3.58. The SMILES string of the molecule is CCCCCCCCCCCCOP([O-])[O-].[K+].[K+]. The molecule has 0 radical (unpaired) electrons. The van der Waals surface area contributed by atoms with Gasteiger partial charge in [-0.15, -0.1) is 0 Å². The molecule has 0 aromatic heterocycles. The molecule has 98 valence electrons. The smallest absolute Gasteiger partial charge is 0.820 e. The van der Waals surface area contributed by atoms with E-state index in [1.165, 1.54) is 51.4 Å². The fraction of sp³-hybridized carbons (Fsp3) is 1.00. The van der Waals surface area contributed by atoms with Gasteiger partial charge in [0.1, 0.15) is 0 Å². The van der Waals surface area contributed by atoms with E-state index in [1.54, 1.807) is 0 Å². The zero-order valence-corrected chi connectivity index (χ0v) is 19.6. The van der Waals surface area contributed by atoms with Crippen LogP contribution in [0.15, 0.2) is 0 Å². The van der Waals surface area contributed by atoms with E-state index in [9.17, 15) is 9.79 Å². The van der Waals surface area contributed by atoms with Crippen LogP contribution < -0.4 is 113 Å². The van der Waals surface area contributed by atoms with Crippen LogP contribution in [0.2, 0.25) is 0 Å². The Morgan fingerprint density at radius 3 is 1.50 bits per heavy atom. The van der Waals surface area contributed by atoms with Crippen molar-refractivity contribution in [3.63, 3.8) is 0 Å². The van der Waals surface area contributed by atoms with Crippen LogP contribution in [0.3, 0.4) is 0 Å². The summed E-state index contributed by atoms with van der Waals surface area (Å²) >= 11 is 0. The van der Waals surface area contributed by atoms with Gasteiger partial charge in [-0.25, -0.2) is 0 Å². The monoisotopic (exact) mass is 326 g/mol. The molecule has 0 heterocycles. The van der Waals surface area contributed by atoms with E-state index in [1.807, 2.05) is 0 Å². The van der Waals surface area contributed by atoms with Crippen LogP contribution in [0.25, 0.3) is 0 Å². The molecule has 18 heavy (non-hydrogen) atoms. The van der Waals surface area contributed by atoms with E-state index in [2.05, 4.69) is 11.4 Å². The van der Waals surface area contributed by atoms with Gasteiger partial charge in [-0.05, 0) is 6.42 Å². The molecule has 0 amide bonds. The first-order chi connectivity index (χ1) is 7.77. The zero-order chi connectivity index (χ0) is 12.1. The Morgan fingerprint density at radius 2 is 1.11 bits per heavy atom. The van der Waals surface area contributed by atoms with Crippen molar-refractivity contribution in [3.8, 4) is 0 Å². The van der Waals surface area contributed by atoms with Crippen molar-refractivity contribution in [2.45, 2.75) is 71.1 Å². The zero-order valence-electron chi connectivity index (χ0n) is 12.5. The van der Waals surface area contributed by atoms with Gasteiger partial charge in [0.25, 0.3) is 0 Å². The summed E-state index contributed by atoms with van der Waals surface area (Å²) in [6.45, 7) is 2.59. The Balaban J connectivity index is -0.00000112. The molecular weight excluding hydrogens is 301 g/mol. The van der Waals surface area contributed by atoms with Crippen LogP contribution in [-0.2, 0) is 4.52 Å². The third kappa shape index (κ3) is 24.6. The van der Waals surface area contributed by atoms with Crippen molar-refractivity contribution in [1.29, 1.82) is 0 Å². The molecule has 3 nitrogen and oxygen atoms in total. The van der Waals surface area contributed by atoms with Crippen LogP contribution in [0.4, 0.5) is 0 Å². The quantitative estimate of drug-likeness (QED) is 0.217. The first kappa shape index (κ1) is 26.5. The average Bonchev–Trinajstić information content (AvgIpc) is 2.25. The molecule has 0 fully saturated rings. The third-order valence-electron chi connectivity index (χ3n) is 2.69. The molecule has 0 N–H and O–H groups in total. The number of hydrogen-bond donors (Lipinski definition) is 0. The summed E-state index contributed by atoms with van der Waals surface area (Å²) in [5, 5.41) is 0. The third-order valence-corrected chi connectivity index (χ3v) is 3.09. The van der Waals surface area contributed by atoms with E-state index in [0.717, 1.165) is 12.8 Å². The van der Waals surface area contributed by atoms with Gasteiger partial charge < -0.3 is 14.3 Å². The van der Waals surface area contributed by atoms with Crippen LogP contribution in [0, 0.1) is 0 Å². The van der Waals surface area contributed by atoms with E-state index in [0.29, 0.717) is 6.61 Å². The van der Waals surface area contributed by atoms with E-state index in [4.69, 9.17) is 0 Å². The van der Waals surface area contributed by atoms with Crippen molar-refractivity contribution >= 4 is 8.60 Å². The molecule has 0 atom stereocenters. The molecule has 0 saturated heterocycles. The molecule has 0 bridgehead atoms. The Morgan fingerprint density at radius 1 is 0.722 bits per heavy atom. The van der Waals surface area contributed by atoms with Crippen LogP contribution in [0.5, 0.6) is 0 Å². The molecular formula is C12H25K2O3P. The molecule has 0 aliphatic rings. The van der Waals surface area contributed by atoms with Gasteiger partial charge in [0.05, 0.1) is 0 Å². The summed E-state index contributed by atoms with van der Waals surface area (Å²) in [5.74, 6) is 0. The summed E-state index contributed by atoms with van der Waals surface area (Å²) in [5.41, 5.74) is 0. The Kier molecular flexibility index (Phi) is 33.6. The topological polar surface area (TPSA) is 55.3 Å². The molecule has 0 unspecified atom stereocenters. The molecule has 0 spiro atoms. The van der Waals surface area contributed by atoms with Crippen LogP contribution in [-0.4, -0.2) is 6.61 Å². The van der Waals surface area contributed by atoms with Gasteiger partial charge in [0.2, 0.25) is 0 Å². The predicted molar refractivity (Wildman–Crippen MR) is 64.7 cm³/mol. The normalized spacial score (nSPS) is 10.0. The molecule has 0 aromatic rings. The molecule has 0 aliphatic carbocycles. The average molecular weight is 326 g/mol. The molecule has 0 aromatic carbocycles. The van der Waals surface area contributed by atoms with Gasteiger partial charge >= 0.3 is 103 Å². The van der Waals surface area contributed by atoms with Crippen molar-refractivity contribution < 1.29 is 117 Å². The second kappa shape index (κ2) is 22.9. The second-order valence-corrected chi connectivity index (χ2v) is 4.94. The van der Waals surface area contributed by atoms with Crippen molar-refractivity contribution in [2.24, 2.45) is 0 Å². The second-order valence-electron chi connectivity index (χ2n) is 4.24. The first-order valence-electron chi connectivity index (χ1n) is 6.54. The van der Waals surface area contributed by atoms with Gasteiger partial charge in [0.15, 0.2) is 0 Å². The van der Waals surface area contributed by atoms with E-state index in [-0.39, 0.29) is 103 Å². The summed E-state index contributed by atoms with van der Waals surface area (Å²) in [6.07, 6.45) is 12.5. The molecule has 0 saturated carbocycles. The van der Waals surface area contributed by atoms with E-state index >= 15 is 0 Å². The fourth-order valence-corrected chi connectivity index (χ4v) is 2.01. The minimum Gasteiger partial charge on any atom is -0.820 e. The Labute approximate surface area is 199 Å². The van der Waals surface area contributed by atoms with Crippen molar-refractivity contribution in [1.82, 2.24) is 0 Å². The summed E-state index contributed by atoms with van der Waals surface area (Å²) < 4.78 is 4.47. The van der Waals surface area contributed by atoms with Crippen LogP contribution >= 0.6 is 8.60 Å². The van der Waals surface area contributed by atoms with Crippen molar-refractivity contribution in [2.75, 3.05) is 6.61 Å². The molecule has 0 aliphatic heterocycles. The number of hydrogen-bond acceptors (Lipinski definition) is 3. The maximum Gasteiger partial charge on any atom is 1.00 e. The minimum atomic E-state index is -2.64. The first-order valence-corrected chi connectivity index (χ1v) is 7.64. The predicted octanol–water partition coefficient (Wildman–Crippen LogP) is -3.12. The van der Waals surface area contributed by atoms with Crippen LogP contribution in [0.1, 0.15) is 71.1 Å². The van der Waals surface area contributed by atoms with E-state index < -0.39 is 8.60 Å². The van der Waals surface area contributed by atoms with Gasteiger partial charge in [-0.2, -0.15) is 8.60 Å². The summed E-state index contributed by atoms with van der Waals surface area (Å²) in [7, 11) is -2.64. The van der Waals surface area contributed by atoms with Gasteiger partial charge in [-0.3, -0.25) is 0 Å². The van der Waals surface area contributed by atoms with Gasteiger partial charge in [0, 0.05) is 6.61 Å². The van der Waals surface area contributed by atoms with Crippen molar-refractivity contribution in [3.05, 3.63) is 0 Å². The maximum atomic E-state index is 10.1. The van der Waals surface area contributed by atoms with Gasteiger partial charge in [-0.1, -0.05) is 64.7 Å². The largest absolute Gasteiger partial charge is 1.00 e. The number of unbranched alkanes of at least 4 members (excludes halogenated alkanes) is 9. The number of rotatable bonds is 12. The fourth-order valence-electron chi connectivity index (χ4n) is 1.73. The standard InChI is InChI=1S/C12H25O3P.2K/c1-2-3-4-5-6-7-8-9-10-11-12-15-16(13)14;;/h2-12H2,1H3;;/q-2;2*+1. The maximum absolute atomic E-state index is 10.1. The molecule has 6 heteroatoms. The minimum absolute atomic E-state index is 0. The summed E-state index contributed by atoms with van der Waals surface area (Å²) in [6, 6.07) is 0.